The molecule has 3 nitrogen and oxygen atoms in total. The van der Waals surface area contributed by atoms with E-state index >= 15 is 0 Å². The second-order valence-electron chi connectivity index (χ2n) is 4.85. The van der Waals surface area contributed by atoms with Gasteiger partial charge in [-0.05, 0) is 19.3 Å². The lowest BCUT2D eigenvalue weighted by Gasteiger charge is -2.12. The summed E-state index contributed by atoms with van der Waals surface area (Å²) in [6.45, 7) is 4.23. The van der Waals surface area contributed by atoms with Crippen LogP contribution in [0.15, 0.2) is 10.9 Å². The molecule has 0 spiro atoms. The number of hydrogen-bond acceptors (Lipinski definition) is 2. The summed E-state index contributed by atoms with van der Waals surface area (Å²) in [7, 11) is 0. The van der Waals surface area contributed by atoms with E-state index in [1.54, 1.807) is 6.07 Å². The molecule has 2 rings (SSSR count). The highest BCUT2D eigenvalue weighted by atomic mass is 16.1. The quantitative estimate of drug-likeness (QED) is 0.851. The Kier molecular flexibility index (Phi) is 3.42. The molecule has 1 fully saturated rings. The summed E-state index contributed by atoms with van der Waals surface area (Å²) >= 11 is 0. The van der Waals surface area contributed by atoms with Crippen molar-refractivity contribution in [2.24, 2.45) is 0 Å². The van der Waals surface area contributed by atoms with Crippen LogP contribution in [0.5, 0.6) is 0 Å². The predicted molar refractivity (Wildman–Crippen MR) is 64.8 cm³/mol. The molecule has 16 heavy (non-hydrogen) atoms. The van der Waals surface area contributed by atoms with E-state index < -0.39 is 0 Å². The Morgan fingerprint density at radius 2 is 2.19 bits per heavy atom. The topological polar surface area (TPSA) is 45.8 Å². The Labute approximate surface area is 96.3 Å². The van der Waals surface area contributed by atoms with E-state index in [0.717, 1.165) is 17.9 Å². The number of hydrogen-bond donors (Lipinski definition) is 1. The minimum atomic E-state index is 0.00667. The molecule has 1 aliphatic rings. The van der Waals surface area contributed by atoms with Crippen LogP contribution in [0.4, 0.5) is 0 Å². The Bertz CT molecular complexity index is 405. The van der Waals surface area contributed by atoms with Crippen LogP contribution in [0.25, 0.3) is 0 Å². The van der Waals surface area contributed by atoms with Crippen molar-refractivity contribution in [1.29, 1.82) is 0 Å². The van der Waals surface area contributed by atoms with Crippen LogP contribution in [0, 0.1) is 0 Å². The molecule has 3 heteroatoms. The fourth-order valence-electron chi connectivity index (χ4n) is 2.35. The number of rotatable bonds is 3. The molecule has 1 N–H and O–H groups in total. The summed E-state index contributed by atoms with van der Waals surface area (Å²) in [5.41, 5.74) is 1.02. The highest BCUT2D eigenvalue weighted by Crippen LogP contribution is 2.32. The van der Waals surface area contributed by atoms with Gasteiger partial charge in [0.05, 0.1) is 5.69 Å². The van der Waals surface area contributed by atoms with Crippen molar-refractivity contribution in [3.8, 4) is 0 Å². The van der Waals surface area contributed by atoms with Gasteiger partial charge in [0.25, 0.3) is 5.56 Å². The lowest BCUT2D eigenvalue weighted by Crippen LogP contribution is -2.15. The zero-order valence-corrected chi connectivity index (χ0v) is 10.1. The first-order valence-electron chi connectivity index (χ1n) is 6.32. The van der Waals surface area contributed by atoms with Crippen molar-refractivity contribution in [2.75, 3.05) is 0 Å². The number of H-pyrrole nitrogens is 1. The second kappa shape index (κ2) is 4.81. The van der Waals surface area contributed by atoms with Gasteiger partial charge in [0.2, 0.25) is 0 Å². The van der Waals surface area contributed by atoms with Crippen molar-refractivity contribution in [3.63, 3.8) is 0 Å². The smallest absolute Gasteiger partial charge is 0.251 e. The molecule has 1 saturated carbocycles. The monoisotopic (exact) mass is 220 g/mol. The first-order valence-corrected chi connectivity index (χ1v) is 6.32. The average Bonchev–Trinajstić information content (AvgIpc) is 2.80. The van der Waals surface area contributed by atoms with Crippen LogP contribution in [-0.2, 0) is 0 Å². The first-order chi connectivity index (χ1) is 7.70. The standard InChI is InChI=1S/C13H20N2O/c1-3-9(2)13-14-11(8-12(16)15-13)10-6-4-5-7-10/h8-10H,3-7H2,1-2H3,(H,14,15,16). The Hall–Kier alpha value is -1.12. The normalized spacial score (nSPS) is 18.9. The van der Waals surface area contributed by atoms with E-state index in [-0.39, 0.29) is 5.56 Å². The van der Waals surface area contributed by atoms with Crippen LogP contribution in [0.3, 0.4) is 0 Å². The lowest BCUT2D eigenvalue weighted by molar-refractivity contribution is 0.635. The summed E-state index contributed by atoms with van der Waals surface area (Å²) in [5, 5.41) is 0. The van der Waals surface area contributed by atoms with Gasteiger partial charge in [0.1, 0.15) is 5.82 Å². The van der Waals surface area contributed by atoms with Crippen molar-refractivity contribution in [1.82, 2.24) is 9.97 Å². The Morgan fingerprint density at radius 1 is 1.50 bits per heavy atom. The Balaban J connectivity index is 2.31. The molecule has 0 amide bonds. The number of nitrogens with one attached hydrogen (secondary N) is 1. The fraction of sp³-hybridized carbons (Fsp3) is 0.692. The van der Waals surface area contributed by atoms with E-state index in [2.05, 4.69) is 23.8 Å². The molecular formula is C13H20N2O. The summed E-state index contributed by atoms with van der Waals surface area (Å²) in [6.07, 6.45) is 5.94. The van der Waals surface area contributed by atoms with Crippen molar-refractivity contribution < 1.29 is 0 Å². The largest absolute Gasteiger partial charge is 0.310 e. The van der Waals surface area contributed by atoms with Gasteiger partial charge in [-0.1, -0.05) is 26.7 Å². The number of aromatic amines is 1. The van der Waals surface area contributed by atoms with Crippen LogP contribution in [0.2, 0.25) is 0 Å². The van der Waals surface area contributed by atoms with E-state index in [1.807, 2.05) is 0 Å². The van der Waals surface area contributed by atoms with E-state index in [4.69, 9.17) is 0 Å². The summed E-state index contributed by atoms with van der Waals surface area (Å²) in [5.74, 6) is 1.72. The van der Waals surface area contributed by atoms with Crippen LogP contribution >= 0.6 is 0 Å². The van der Waals surface area contributed by atoms with E-state index in [0.29, 0.717) is 11.8 Å². The summed E-state index contributed by atoms with van der Waals surface area (Å²) < 4.78 is 0. The SMILES string of the molecule is CCC(C)c1nc(C2CCCC2)cc(=O)[nH]1. The summed E-state index contributed by atoms with van der Waals surface area (Å²) in [4.78, 5) is 19.1. The molecule has 0 saturated heterocycles. The van der Waals surface area contributed by atoms with Gasteiger partial charge in [-0.3, -0.25) is 4.79 Å². The molecule has 0 aliphatic heterocycles. The summed E-state index contributed by atoms with van der Waals surface area (Å²) in [6, 6.07) is 1.68. The minimum absolute atomic E-state index is 0.00667. The third-order valence-corrected chi connectivity index (χ3v) is 3.63. The first kappa shape index (κ1) is 11.4. The van der Waals surface area contributed by atoms with Crippen molar-refractivity contribution in [2.45, 2.75) is 57.8 Å². The average molecular weight is 220 g/mol. The third kappa shape index (κ3) is 2.34. The fourth-order valence-corrected chi connectivity index (χ4v) is 2.35. The maximum absolute atomic E-state index is 11.6. The van der Waals surface area contributed by atoms with Crippen LogP contribution in [0.1, 0.15) is 69.3 Å². The van der Waals surface area contributed by atoms with Crippen molar-refractivity contribution in [3.05, 3.63) is 27.9 Å². The predicted octanol–water partition coefficient (Wildman–Crippen LogP) is 2.94. The van der Waals surface area contributed by atoms with Gasteiger partial charge in [-0.2, -0.15) is 0 Å². The second-order valence-corrected chi connectivity index (χ2v) is 4.85. The minimum Gasteiger partial charge on any atom is -0.310 e. The molecule has 1 heterocycles. The molecule has 0 aromatic carbocycles. The van der Waals surface area contributed by atoms with Gasteiger partial charge >= 0.3 is 0 Å². The molecule has 1 aromatic heterocycles. The molecule has 1 atom stereocenters. The Morgan fingerprint density at radius 3 is 2.81 bits per heavy atom. The lowest BCUT2D eigenvalue weighted by atomic mass is 10.0. The molecule has 0 radical (unpaired) electrons. The zero-order valence-electron chi connectivity index (χ0n) is 10.1. The number of nitrogens with zero attached hydrogens (tertiary/aromatic N) is 1. The maximum Gasteiger partial charge on any atom is 0.251 e. The third-order valence-electron chi connectivity index (χ3n) is 3.63. The number of aromatic nitrogens is 2. The van der Waals surface area contributed by atoms with Crippen molar-refractivity contribution >= 4 is 0 Å². The van der Waals surface area contributed by atoms with Crippen LogP contribution < -0.4 is 5.56 Å². The molecule has 88 valence electrons. The van der Waals surface area contributed by atoms with Gasteiger partial charge in [-0.25, -0.2) is 4.98 Å². The van der Waals surface area contributed by atoms with E-state index in [1.165, 1.54) is 25.7 Å². The van der Waals surface area contributed by atoms with Gasteiger partial charge < -0.3 is 4.98 Å². The molecule has 1 aliphatic carbocycles. The molecule has 1 unspecified atom stereocenters. The molecule has 0 bridgehead atoms. The van der Waals surface area contributed by atoms with Crippen LogP contribution in [-0.4, -0.2) is 9.97 Å². The maximum atomic E-state index is 11.6. The zero-order chi connectivity index (χ0) is 11.5. The van der Waals surface area contributed by atoms with E-state index in [9.17, 15) is 4.79 Å². The molecular weight excluding hydrogens is 200 g/mol. The van der Waals surface area contributed by atoms with Gasteiger partial charge in [-0.15, -0.1) is 0 Å². The highest BCUT2D eigenvalue weighted by molar-refractivity contribution is 5.11. The van der Waals surface area contributed by atoms with Gasteiger partial charge in [0.15, 0.2) is 0 Å². The highest BCUT2D eigenvalue weighted by Gasteiger charge is 2.20. The van der Waals surface area contributed by atoms with Gasteiger partial charge in [0, 0.05) is 17.9 Å². The molecule has 1 aromatic rings.